The third-order valence-electron chi connectivity index (χ3n) is 2.88. The van der Waals surface area contributed by atoms with Crippen LogP contribution in [0.2, 0.25) is 0 Å². The Morgan fingerprint density at radius 2 is 2.11 bits per heavy atom. The van der Waals surface area contributed by atoms with E-state index in [1.807, 2.05) is 32.1 Å². The Morgan fingerprint density at radius 1 is 1.37 bits per heavy atom. The second kappa shape index (κ2) is 11.5. The molecule has 3 heteroatoms. The number of hydrogen-bond acceptors (Lipinski definition) is 3. The first-order valence-corrected chi connectivity index (χ1v) is 6.93. The summed E-state index contributed by atoms with van der Waals surface area (Å²) >= 11 is 0. The molecular formula is C16H27N3. The van der Waals surface area contributed by atoms with E-state index in [0.717, 1.165) is 31.6 Å². The molecule has 0 aromatic heterocycles. The van der Waals surface area contributed by atoms with Gasteiger partial charge in [-0.2, -0.15) is 0 Å². The van der Waals surface area contributed by atoms with Crippen LogP contribution in [0.25, 0.3) is 0 Å². The lowest BCUT2D eigenvalue weighted by atomic mass is 9.93. The lowest BCUT2D eigenvalue weighted by Crippen LogP contribution is -2.29. The van der Waals surface area contributed by atoms with Gasteiger partial charge < -0.3 is 5.43 Å². The third-order valence-corrected chi connectivity index (χ3v) is 2.88. The van der Waals surface area contributed by atoms with Crippen molar-refractivity contribution in [2.45, 2.75) is 33.1 Å². The van der Waals surface area contributed by atoms with Gasteiger partial charge in [-0.15, -0.1) is 0 Å². The van der Waals surface area contributed by atoms with E-state index in [0.29, 0.717) is 5.92 Å². The molecule has 0 amide bonds. The maximum Gasteiger partial charge on any atom is 0.110 e. The number of amidine groups is 1. The molecule has 0 fully saturated rings. The molecule has 0 radical (unpaired) electrons. The second-order valence-electron chi connectivity index (χ2n) is 4.01. The van der Waals surface area contributed by atoms with Gasteiger partial charge in [0.1, 0.15) is 5.84 Å². The van der Waals surface area contributed by atoms with E-state index in [1.54, 1.807) is 6.08 Å². The Labute approximate surface area is 117 Å². The van der Waals surface area contributed by atoms with Crippen molar-refractivity contribution in [2.75, 3.05) is 6.54 Å². The summed E-state index contributed by atoms with van der Waals surface area (Å²) in [6, 6.07) is 0. The van der Waals surface area contributed by atoms with E-state index in [2.05, 4.69) is 29.7 Å². The van der Waals surface area contributed by atoms with E-state index in [9.17, 15) is 0 Å². The molecule has 0 aromatic rings. The normalized spacial score (nSPS) is 19.8. The topological polar surface area (TPSA) is 50.4 Å². The minimum Gasteiger partial charge on any atom is -0.312 e. The number of hydrazine groups is 1. The first-order chi connectivity index (χ1) is 9.31. The van der Waals surface area contributed by atoms with Gasteiger partial charge >= 0.3 is 0 Å². The highest BCUT2D eigenvalue weighted by Crippen LogP contribution is 2.22. The largest absolute Gasteiger partial charge is 0.312 e. The molecule has 1 atom stereocenters. The molecule has 19 heavy (non-hydrogen) atoms. The zero-order chi connectivity index (χ0) is 14.5. The van der Waals surface area contributed by atoms with E-state index in [-0.39, 0.29) is 0 Å². The molecule has 1 aliphatic rings. The lowest BCUT2D eigenvalue weighted by Gasteiger charge is -2.13. The van der Waals surface area contributed by atoms with Crippen molar-refractivity contribution >= 4 is 5.84 Å². The minimum atomic E-state index is 0.438. The highest BCUT2D eigenvalue weighted by Gasteiger charge is 2.15. The Morgan fingerprint density at radius 3 is 2.68 bits per heavy atom. The summed E-state index contributed by atoms with van der Waals surface area (Å²) in [6.07, 6.45) is 12.8. The molecule has 0 aliphatic carbocycles. The highest BCUT2D eigenvalue weighted by atomic mass is 15.2. The molecule has 1 heterocycles. The van der Waals surface area contributed by atoms with E-state index >= 15 is 0 Å². The molecule has 1 rings (SSSR count). The third kappa shape index (κ3) is 6.77. The van der Waals surface area contributed by atoms with Crippen molar-refractivity contribution in [2.24, 2.45) is 16.8 Å². The van der Waals surface area contributed by atoms with Crippen LogP contribution < -0.4 is 11.3 Å². The quantitative estimate of drug-likeness (QED) is 0.462. The number of rotatable bonds is 4. The fraction of sp³-hybridized carbons (Fsp3) is 0.438. The maximum absolute atomic E-state index is 5.39. The van der Waals surface area contributed by atoms with E-state index < -0.39 is 0 Å². The SMILES string of the molecule is C=C/C=C\C=C(/C=C)C1CCCC(NN)=NC1.CC. The summed E-state index contributed by atoms with van der Waals surface area (Å²) in [5.74, 6) is 6.73. The molecule has 0 aromatic carbocycles. The molecule has 3 nitrogen and oxygen atoms in total. The minimum absolute atomic E-state index is 0.438. The van der Waals surface area contributed by atoms with Crippen LogP contribution >= 0.6 is 0 Å². The summed E-state index contributed by atoms with van der Waals surface area (Å²) in [6.45, 7) is 12.3. The Kier molecular flexibility index (Phi) is 10.5. The molecule has 1 unspecified atom stereocenters. The van der Waals surface area contributed by atoms with Crippen LogP contribution in [0, 0.1) is 5.92 Å². The fourth-order valence-corrected chi connectivity index (χ4v) is 1.91. The summed E-state index contributed by atoms with van der Waals surface area (Å²) < 4.78 is 0. The molecular weight excluding hydrogens is 234 g/mol. The lowest BCUT2D eigenvalue weighted by molar-refractivity contribution is 0.578. The number of aliphatic imine (C=N–C) groups is 1. The van der Waals surface area contributed by atoms with Gasteiger partial charge in [0.2, 0.25) is 0 Å². The standard InChI is InChI=1S/C14H21N3.C2H6/c1-3-5-6-8-12(4-2)13-9-7-10-14(17-15)16-11-13;1-2/h3-6,8,13H,1-2,7,9-11,15H2,(H,16,17);1-2H3/b6-5-,12-8+;. The molecule has 0 bridgehead atoms. The van der Waals surface area contributed by atoms with Gasteiger partial charge in [0, 0.05) is 18.9 Å². The first kappa shape index (κ1) is 17.4. The van der Waals surface area contributed by atoms with Crippen LogP contribution in [0.5, 0.6) is 0 Å². The van der Waals surface area contributed by atoms with Crippen LogP contribution in [0.4, 0.5) is 0 Å². The van der Waals surface area contributed by atoms with Gasteiger partial charge in [-0.3, -0.25) is 4.99 Å². The van der Waals surface area contributed by atoms with Crippen molar-refractivity contribution < 1.29 is 0 Å². The van der Waals surface area contributed by atoms with Crippen molar-refractivity contribution in [3.05, 3.63) is 49.1 Å². The predicted octanol–water partition coefficient (Wildman–Crippen LogP) is 3.53. The number of nitrogens with two attached hydrogens (primary N) is 1. The van der Waals surface area contributed by atoms with E-state index in [4.69, 9.17) is 5.84 Å². The van der Waals surface area contributed by atoms with Crippen LogP contribution in [-0.4, -0.2) is 12.4 Å². The Bertz CT molecular complexity index is 351. The van der Waals surface area contributed by atoms with Gasteiger partial charge in [-0.1, -0.05) is 57.4 Å². The van der Waals surface area contributed by atoms with Crippen molar-refractivity contribution in [3.8, 4) is 0 Å². The molecule has 106 valence electrons. The number of nitrogens with zero attached hydrogens (tertiary/aromatic N) is 1. The van der Waals surface area contributed by atoms with Gasteiger partial charge in [0.05, 0.1) is 0 Å². The monoisotopic (exact) mass is 261 g/mol. The predicted molar refractivity (Wildman–Crippen MR) is 85.9 cm³/mol. The summed E-state index contributed by atoms with van der Waals surface area (Å²) in [7, 11) is 0. The Hall–Kier alpha value is -1.61. The van der Waals surface area contributed by atoms with Crippen LogP contribution in [0.15, 0.2) is 54.1 Å². The maximum atomic E-state index is 5.39. The summed E-state index contributed by atoms with van der Waals surface area (Å²) in [5, 5.41) is 0. The fourth-order valence-electron chi connectivity index (χ4n) is 1.91. The number of hydrogen-bond donors (Lipinski definition) is 2. The molecule has 0 spiro atoms. The number of allylic oxidation sites excluding steroid dienone is 5. The smallest absolute Gasteiger partial charge is 0.110 e. The number of nitrogens with one attached hydrogen (secondary N) is 1. The zero-order valence-electron chi connectivity index (χ0n) is 12.2. The van der Waals surface area contributed by atoms with Gasteiger partial charge in [-0.05, 0) is 18.4 Å². The molecule has 0 saturated carbocycles. The zero-order valence-corrected chi connectivity index (χ0v) is 12.2. The second-order valence-corrected chi connectivity index (χ2v) is 4.01. The van der Waals surface area contributed by atoms with Crippen LogP contribution in [0.3, 0.4) is 0 Å². The average Bonchev–Trinajstić information content (AvgIpc) is 2.71. The van der Waals surface area contributed by atoms with Crippen LogP contribution in [0.1, 0.15) is 33.1 Å². The van der Waals surface area contributed by atoms with Gasteiger partial charge in [0.25, 0.3) is 0 Å². The summed E-state index contributed by atoms with van der Waals surface area (Å²) in [5.41, 5.74) is 3.88. The van der Waals surface area contributed by atoms with Crippen molar-refractivity contribution in [3.63, 3.8) is 0 Å². The molecule has 3 N–H and O–H groups in total. The van der Waals surface area contributed by atoms with Crippen LogP contribution in [-0.2, 0) is 0 Å². The first-order valence-electron chi connectivity index (χ1n) is 6.93. The summed E-state index contributed by atoms with van der Waals surface area (Å²) in [4.78, 5) is 4.47. The molecule has 0 saturated heterocycles. The Balaban J connectivity index is 0.00000154. The molecule has 1 aliphatic heterocycles. The van der Waals surface area contributed by atoms with E-state index in [1.165, 1.54) is 5.57 Å². The van der Waals surface area contributed by atoms with Gasteiger partial charge in [-0.25, -0.2) is 5.84 Å². The average molecular weight is 261 g/mol. The highest BCUT2D eigenvalue weighted by molar-refractivity contribution is 5.81. The van der Waals surface area contributed by atoms with Gasteiger partial charge in [0.15, 0.2) is 0 Å². The van der Waals surface area contributed by atoms with Crippen molar-refractivity contribution in [1.82, 2.24) is 5.43 Å². The van der Waals surface area contributed by atoms with Crippen molar-refractivity contribution in [1.29, 1.82) is 0 Å².